The average molecular weight is 251 g/mol. The number of ether oxygens (including phenoxy) is 1. The van der Waals surface area contributed by atoms with E-state index in [-0.39, 0.29) is 18.0 Å². The maximum atomic E-state index is 12.5. The van der Waals surface area contributed by atoms with Gasteiger partial charge in [0.1, 0.15) is 12.4 Å². The minimum atomic E-state index is -4.54. The van der Waals surface area contributed by atoms with E-state index >= 15 is 0 Å². The van der Waals surface area contributed by atoms with Crippen LogP contribution in [0.5, 0.6) is 0 Å². The first-order chi connectivity index (χ1) is 7.77. The summed E-state index contributed by atoms with van der Waals surface area (Å²) in [5.74, 6) is -0.522. The highest BCUT2D eigenvalue weighted by atomic mass is 19.4. The zero-order valence-electron chi connectivity index (χ0n) is 9.55. The lowest BCUT2D eigenvalue weighted by Gasteiger charge is -2.06. The highest BCUT2D eigenvalue weighted by Gasteiger charge is 2.37. The Hall–Kier alpha value is -1.57. The second kappa shape index (κ2) is 4.74. The Balaban J connectivity index is 3.02. The number of alkyl halides is 3. The van der Waals surface area contributed by atoms with Crippen LogP contribution in [0.1, 0.15) is 11.3 Å². The van der Waals surface area contributed by atoms with Crippen LogP contribution >= 0.6 is 0 Å². The van der Waals surface area contributed by atoms with Crippen molar-refractivity contribution < 1.29 is 22.7 Å². The third-order valence-corrected chi connectivity index (χ3v) is 2.09. The number of carbonyl (C=O) groups excluding carboxylic acids is 1. The van der Waals surface area contributed by atoms with E-state index in [1.807, 2.05) is 0 Å². The summed E-state index contributed by atoms with van der Waals surface area (Å²) < 4.78 is 43.1. The van der Waals surface area contributed by atoms with Crippen LogP contribution in [-0.4, -0.2) is 29.4 Å². The van der Waals surface area contributed by atoms with E-state index in [0.717, 1.165) is 4.68 Å². The lowest BCUT2D eigenvalue weighted by molar-refractivity contribution is -0.141. The standard InChI is InChI=1S/C9H12F3N3O2/c1-5-7(9(10,11)12)14-15(2)8(5)13-6(16)4-17-3/h4H2,1-3H3,(H,13,16). The Labute approximate surface area is 95.5 Å². The topological polar surface area (TPSA) is 56.1 Å². The molecule has 17 heavy (non-hydrogen) atoms. The fraction of sp³-hybridized carbons (Fsp3) is 0.556. The molecule has 0 bridgehead atoms. The van der Waals surface area contributed by atoms with Crippen LogP contribution in [-0.2, 0) is 22.8 Å². The summed E-state index contributed by atoms with van der Waals surface area (Å²) in [5.41, 5.74) is -1.13. The van der Waals surface area contributed by atoms with Gasteiger partial charge in [-0.05, 0) is 6.92 Å². The first-order valence-electron chi connectivity index (χ1n) is 4.67. The molecule has 96 valence electrons. The van der Waals surface area contributed by atoms with Crippen LogP contribution in [0.2, 0.25) is 0 Å². The highest BCUT2D eigenvalue weighted by Crippen LogP contribution is 2.33. The summed E-state index contributed by atoms with van der Waals surface area (Å²) in [6.07, 6.45) is -4.54. The van der Waals surface area contributed by atoms with Crippen molar-refractivity contribution in [2.24, 2.45) is 7.05 Å². The van der Waals surface area contributed by atoms with Crippen LogP contribution in [0.3, 0.4) is 0 Å². The number of anilines is 1. The Morgan fingerprint density at radius 3 is 2.53 bits per heavy atom. The van der Waals surface area contributed by atoms with E-state index in [9.17, 15) is 18.0 Å². The minimum Gasteiger partial charge on any atom is -0.375 e. The summed E-state index contributed by atoms with van der Waals surface area (Å²) in [4.78, 5) is 11.2. The third-order valence-electron chi connectivity index (χ3n) is 2.09. The van der Waals surface area contributed by atoms with Gasteiger partial charge in [-0.25, -0.2) is 0 Å². The summed E-state index contributed by atoms with van der Waals surface area (Å²) >= 11 is 0. The number of rotatable bonds is 3. The van der Waals surface area contributed by atoms with E-state index in [2.05, 4.69) is 15.2 Å². The van der Waals surface area contributed by atoms with Gasteiger partial charge in [-0.2, -0.15) is 18.3 Å². The number of hydrogen-bond donors (Lipinski definition) is 1. The summed E-state index contributed by atoms with van der Waals surface area (Å²) in [6.45, 7) is 1.02. The van der Waals surface area contributed by atoms with Crippen molar-refractivity contribution in [3.05, 3.63) is 11.3 Å². The number of carbonyl (C=O) groups is 1. The predicted molar refractivity (Wildman–Crippen MR) is 53.5 cm³/mol. The highest BCUT2D eigenvalue weighted by molar-refractivity contribution is 5.91. The summed E-state index contributed by atoms with van der Waals surface area (Å²) in [6, 6.07) is 0. The predicted octanol–water partition coefficient (Wildman–Crippen LogP) is 1.33. The van der Waals surface area contributed by atoms with Crippen molar-refractivity contribution in [1.29, 1.82) is 0 Å². The van der Waals surface area contributed by atoms with Crippen molar-refractivity contribution in [3.63, 3.8) is 0 Å². The van der Waals surface area contributed by atoms with E-state index in [1.54, 1.807) is 0 Å². The molecule has 0 saturated heterocycles. The monoisotopic (exact) mass is 251 g/mol. The normalized spacial score (nSPS) is 11.6. The van der Waals surface area contributed by atoms with Gasteiger partial charge < -0.3 is 10.1 Å². The molecule has 1 aromatic heterocycles. The molecular weight excluding hydrogens is 239 g/mol. The van der Waals surface area contributed by atoms with Crippen molar-refractivity contribution in [2.75, 3.05) is 19.0 Å². The number of aromatic nitrogens is 2. The number of methoxy groups -OCH3 is 1. The SMILES string of the molecule is COCC(=O)Nc1c(C)c(C(F)(F)F)nn1C. The van der Waals surface area contributed by atoms with Gasteiger partial charge >= 0.3 is 6.18 Å². The van der Waals surface area contributed by atoms with Gasteiger partial charge in [-0.1, -0.05) is 0 Å². The molecule has 0 radical (unpaired) electrons. The van der Waals surface area contributed by atoms with Crippen LogP contribution in [0.4, 0.5) is 19.0 Å². The third kappa shape index (κ3) is 2.96. The van der Waals surface area contributed by atoms with Crippen LogP contribution in [0.25, 0.3) is 0 Å². The van der Waals surface area contributed by atoms with E-state index in [1.165, 1.54) is 21.1 Å². The molecule has 5 nitrogen and oxygen atoms in total. The lowest BCUT2D eigenvalue weighted by Crippen LogP contribution is -2.19. The quantitative estimate of drug-likeness (QED) is 0.881. The Kier molecular flexibility index (Phi) is 3.76. The fourth-order valence-electron chi connectivity index (χ4n) is 1.37. The average Bonchev–Trinajstić information content (AvgIpc) is 2.45. The summed E-state index contributed by atoms with van der Waals surface area (Å²) in [7, 11) is 2.64. The molecular formula is C9H12F3N3O2. The maximum Gasteiger partial charge on any atom is 0.435 e. The second-order valence-electron chi connectivity index (χ2n) is 3.42. The molecule has 0 aliphatic heterocycles. The smallest absolute Gasteiger partial charge is 0.375 e. The van der Waals surface area contributed by atoms with Gasteiger partial charge in [0.25, 0.3) is 5.91 Å². The number of nitrogens with one attached hydrogen (secondary N) is 1. The van der Waals surface area contributed by atoms with Crippen molar-refractivity contribution >= 4 is 11.7 Å². The molecule has 0 unspecified atom stereocenters. The van der Waals surface area contributed by atoms with E-state index < -0.39 is 17.8 Å². The van der Waals surface area contributed by atoms with Crippen LogP contribution in [0.15, 0.2) is 0 Å². The Morgan fingerprint density at radius 2 is 2.12 bits per heavy atom. The molecule has 0 saturated carbocycles. The first kappa shape index (κ1) is 13.5. The Bertz CT molecular complexity index is 426. The van der Waals surface area contributed by atoms with Crippen molar-refractivity contribution in [2.45, 2.75) is 13.1 Å². The maximum absolute atomic E-state index is 12.5. The minimum absolute atomic E-state index is 0.0133. The molecule has 1 N–H and O–H groups in total. The molecule has 1 aromatic rings. The molecule has 1 heterocycles. The Morgan fingerprint density at radius 1 is 1.53 bits per heavy atom. The largest absolute Gasteiger partial charge is 0.435 e. The fourth-order valence-corrected chi connectivity index (χ4v) is 1.37. The summed E-state index contributed by atoms with van der Waals surface area (Å²) in [5, 5.41) is 5.64. The van der Waals surface area contributed by atoms with Crippen LogP contribution < -0.4 is 5.32 Å². The number of aryl methyl sites for hydroxylation is 1. The molecule has 0 spiro atoms. The second-order valence-corrected chi connectivity index (χ2v) is 3.42. The molecule has 0 aliphatic carbocycles. The molecule has 0 atom stereocenters. The van der Waals surface area contributed by atoms with E-state index in [0.29, 0.717) is 0 Å². The molecule has 8 heteroatoms. The first-order valence-corrected chi connectivity index (χ1v) is 4.67. The van der Waals surface area contributed by atoms with E-state index in [4.69, 9.17) is 0 Å². The van der Waals surface area contributed by atoms with Crippen LogP contribution in [0, 0.1) is 6.92 Å². The lowest BCUT2D eigenvalue weighted by atomic mass is 10.2. The van der Waals surface area contributed by atoms with Gasteiger partial charge in [-0.15, -0.1) is 0 Å². The number of halogens is 3. The van der Waals surface area contributed by atoms with Crippen molar-refractivity contribution in [1.82, 2.24) is 9.78 Å². The molecule has 0 fully saturated rings. The van der Waals surface area contributed by atoms with Gasteiger partial charge in [0.15, 0.2) is 5.69 Å². The van der Waals surface area contributed by atoms with Crippen molar-refractivity contribution in [3.8, 4) is 0 Å². The molecule has 1 rings (SSSR count). The molecule has 0 aromatic carbocycles. The van der Waals surface area contributed by atoms with Gasteiger partial charge in [0.2, 0.25) is 0 Å². The van der Waals surface area contributed by atoms with Gasteiger partial charge in [0, 0.05) is 19.7 Å². The zero-order chi connectivity index (χ0) is 13.2. The number of hydrogen-bond acceptors (Lipinski definition) is 3. The number of nitrogens with zero attached hydrogens (tertiary/aromatic N) is 2. The molecule has 1 amide bonds. The van der Waals surface area contributed by atoms with Gasteiger partial charge in [-0.3, -0.25) is 9.48 Å². The number of amides is 1. The van der Waals surface area contributed by atoms with Gasteiger partial charge in [0.05, 0.1) is 0 Å². The zero-order valence-corrected chi connectivity index (χ0v) is 9.55. The molecule has 0 aliphatic rings.